The highest BCUT2D eigenvalue weighted by molar-refractivity contribution is 5.79. The molecule has 0 bridgehead atoms. The lowest BCUT2D eigenvalue weighted by atomic mass is 9.93. The first kappa shape index (κ1) is 11.5. The number of ketones is 1. The van der Waals surface area contributed by atoms with Gasteiger partial charge < -0.3 is 0 Å². The minimum absolute atomic E-state index is 0.378. The van der Waals surface area contributed by atoms with Gasteiger partial charge in [-0.15, -0.1) is 0 Å². The van der Waals surface area contributed by atoms with Crippen LogP contribution in [0.4, 0.5) is 0 Å². The van der Waals surface area contributed by atoms with Crippen LogP contribution in [0.5, 0.6) is 0 Å². The van der Waals surface area contributed by atoms with Gasteiger partial charge in [0.05, 0.1) is 0 Å². The third-order valence-electron chi connectivity index (χ3n) is 3.00. The van der Waals surface area contributed by atoms with Crippen molar-refractivity contribution in [3.05, 3.63) is 11.6 Å². The third kappa shape index (κ3) is 3.65. The molecule has 1 saturated carbocycles. The van der Waals surface area contributed by atoms with E-state index in [0.717, 1.165) is 25.7 Å². The van der Waals surface area contributed by atoms with Crippen molar-refractivity contribution in [1.29, 1.82) is 0 Å². The second-order valence-corrected chi connectivity index (χ2v) is 4.95. The smallest absolute Gasteiger partial charge is 0.133 e. The summed E-state index contributed by atoms with van der Waals surface area (Å²) >= 11 is 0. The molecule has 0 aromatic heterocycles. The number of hydrogen-bond acceptors (Lipinski definition) is 1. The van der Waals surface area contributed by atoms with Crippen molar-refractivity contribution in [2.45, 2.75) is 59.3 Å². The Balaban J connectivity index is 2.35. The van der Waals surface area contributed by atoms with E-state index in [2.05, 4.69) is 26.8 Å². The van der Waals surface area contributed by atoms with Gasteiger partial charge in [-0.3, -0.25) is 4.79 Å². The predicted octanol–water partition coefficient (Wildman–Crippen LogP) is 3.88. The molecule has 1 fully saturated rings. The maximum Gasteiger partial charge on any atom is 0.133 e. The van der Waals surface area contributed by atoms with Gasteiger partial charge in [-0.25, -0.2) is 0 Å². The molecule has 1 nitrogen and oxygen atoms in total. The summed E-state index contributed by atoms with van der Waals surface area (Å²) in [6.07, 6.45) is 8.51. The van der Waals surface area contributed by atoms with Crippen LogP contribution in [0.15, 0.2) is 11.6 Å². The molecule has 1 aliphatic rings. The van der Waals surface area contributed by atoms with Gasteiger partial charge in [0.2, 0.25) is 0 Å². The van der Waals surface area contributed by atoms with Crippen molar-refractivity contribution < 1.29 is 4.79 Å². The maximum atomic E-state index is 11.5. The molecule has 0 saturated heterocycles. The van der Waals surface area contributed by atoms with E-state index in [1.54, 1.807) is 0 Å². The summed E-state index contributed by atoms with van der Waals surface area (Å²) in [4.78, 5) is 11.5. The van der Waals surface area contributed by atoms with Crippen LogP contribution in [0.25, 0.3) is 0 Å². The highest BCUT2D eigenvalue weighted by Crippen LogP contribution is 2.52. The monoisotopic (exact) mass is 194 g/mol. The Labute approximate surface area is 87.6 Å². The molecule has 14 heavy (non-hydrogen) atoms. The molecular formula is C13H22O. The molecule has 0 atom stereocenters. The van der Waals surface area contributed by atoms with Crippen LogP contribution in [0.3, 0.4) is 0 Å². The topological polar surface area (TPSA) is 17.1 Å². The zero-order chi connectivity index (χ0) is 10.6. The van der Waals surface area contributed by atoms with Crippen LogP contribution in [0, 0.1) is 5.41 Å². The van der Waals surface area contributed by atoms with E-state index in [-0.39, 0.29) is 0 Å². The van der Waals surface area contributed by atoms with Crippen LogP contribution in [0.1, 0.15) is 59.3 Å². The van der Waals surface area contributed by atoms with Crippen LogP contribution in [0.2, 0.25) is 0 Å². The highest BCUT2D eigenvalue weighted by atomic mass is 16.1. The Morgan fingerprint density at radius 2 is 2.00 bits per heavy atom. The molecule has 0 N–H and O–H groups in total. The largest absolute Gasteiger partial charge is 0.300 e. The molecule has 0 aliphatic heterocycles. The first-order valence-electron chi connectivity index (χ1n) is 5.73. The molecule has 1 heteroatoms. The van der Waals surface area contributed by atoms with Crippen molar-refractivity contribution in [3.63, 3.8) is 0 Å². The van der Waals surface area contributed by atoms with Crippen molar-refractivity contribution in [3.8, 4) is 0 Å². The SMILES string of the molecule is CCCC(=O)CC1(CC=C(C)C)CC1. The number of allylic oxidation sites excluding steroid dienone is 2. The quantitative estimate of drug-likeness (QED) is 0.586. The van der Waals surface area contributed by atoms with Gasteiger partial charge in [0.15, 0.2) is 0 Å². The molecule has 0 spiro atoms. The van der Waals surface area contributed by atoms with Crippen molar-refractivity contribution in [2.24, 2.45) is 5.41 Å². The lowest BCUT2D eigenvalue weighted by Crippen LogP contribution is -2.08. The van der Waals surface area contributed by atoms with Gasteiger partial charge in [-0.1, -0.05) is 18.6 Å². The number of rotatable bonds is 6. The van der Waals surface area contributed by atoms with E-state index in [4.69, 9.17) is 0 Å². The average molecular weight is 194 g/mol. The predicted molar refractivity (Wildman–Crippen MR) is 60.2 cm³/mol. The Kier molecular flexibility index (Phi) is 3.91. The lowest BCUT2D eigenvalue weighted by molar-refractivity contribution is -0.120. The molecule has 0 heterocycles. The average Bonchev–Trinajstić information content (AvgIpc) is 2.83. The van der Waals surface area contributed by atoms with Crippen LogP contribution < -0.4 is 0 Å². The Morgan fingerprint density at radius 3 is 2.43 bits per heavy atom. The fraction of sp³-hybridized carbons (Fsp3) is 0.769. The number of carbonyl (C=O) groups is 1. The Bertz CT molecular complexity index is 230. The molecule has 1 aliphatic carbocycles. The molecule has 80 valence electrons. The van der Waals surface area contributed by atoms with Gasteiger partial charge in [0, 0.05) is 12.8 Å². The minimum atomic E-state index is 0.378. The van der Waals surface area contributed by atoms with Crippen LogP contribution >= 0.6 is 0 Å². The normalized spacial score (nSPS) is 17.6. The van der Waals surface area contributed by atoms with E-state index in [9.17, 15) is 4.79 Å². The standard InChI is InChI=1S/C13H22O/c1-4-5-12(14)10-13(8-9-13)7-6-11(2)3/h6H,4-5,7-10H2,1-3H3. The fourth-order valence-corrected chi connectivity index (χ4v) is 1.84. The van der Waals surface area contributed by atoms with Crippen molar-refractivity contribution in [1.82, 2.24) is 0 Å². The van der Waals surface area contributed by atoms with Gasteiger partial charge in [-0.05, 0) is 44.9 Å². The molecule has 0 amide bonds. The van der Waals surface area contributed by atoms with Gasteiger partial charge in [0.25, 0.3) is 0 Å². The van der Waals surface area contributed by atoms with Crippen LogP contribution in [-0.4, -0.2) is 5.78 Å². The zero-order valence-electron chi connectivity index (χ0n) is 9.73. The van der Waals surface area contributed by atoms with E-state index in [1.807, 2.05) is 0 Å². The van der Waals surface area contributed by atoms with Gasteiger partial charge in [0.1, 0.15) is 5.78 Å². The molecule has 1 rings (SSSR count). The highest BCUT2D eigenvalue weighted by Gasteiger charge is 2.42. The van der Waals surface area contributed by atoms with E-state index in [0.29, 0.717) is 11.2 Å². The number of hydrogen-bond donors (Lipinski definition) is 0. The number of carbonyl (C=O) groups excluding carboxylic acids is 1. The second-order valence-electron chi connectivity index (χ2n) is 4.95. The summed E-state index contributed by atoms with van der Waals surface area (Å²) < 4.78 is 0. The summed E-state index contributed by atoms with van der Waals surface area (Å²) in [7, 11) is 0. The molecule has 0 radical (unpaired) electrons. The minimum Gasteiger partial charge on any atom is -0.300 e. The third-order valence-corrected chi connectivity index (χ3v) is 3.00. The molecule has 0 aromatic carbocycles. The zero-order valence-corrected chi connectivity index (χ0v) is 9.73. The first-order chi connectivity index (χ1) is 6.58. The maximum absolute atomic E-state index is 11.5. The van der Waals surface area contributed by atoms with E-state index >= 15 is 0 Å². The van der Waals surface area contributed by atoms with Crippen molar-refractivity contribution >= 4 is 5.78 Å². The molecule has 0 aromatic rings. The Hall–Kier alpha value is -0.590. The molecular weight excluding hydrogens is 172 g/mol. The lowest BCUT2D eigenvalue weighted by Gasteiger charge is -2.11. The summed E-state index contributed by atoms with van der Waals surface area (Å²) in [5.74, 6) is 0.465. The fourth-order valence-electron chi connectivity index (χ4n) is 1.84. The van der Waals surface area contributed by atoms with Crippen molar-refractivity contribution in [2.75, 3.05) is 0 Å². The van der Waals surface area contributed by atoms with Gasteiger partial charge in [-0.2, -0.15) is 0 Å². The summed E-state index contributed by atoms with van der Waals surface area (Å²) in [6, 6.07) is 0. The Morgan fingerprint density at radius 1 is 1.36 bits per heavy atom. The van der Waals surface area contributed by atoms with E-state index in [1.165, 1.54) is 18.4 Å². The summed E-state index contributed by atoms with van der Waals surface area (Å²) in [5.41, 5.74) is 1.75. The molecule has 0 unspecified atom stereocenters. The second kappa shape index (κ2) is 4.77. The first-order valence-corrected chi connectivity index (χ1v) is 5.73. The summed E-state index contributed by atoms with van der Waals surface area (Å²) in [5, 5.41) is 0. The van der Waals surface area contributed by atoms with E-state index < -0.39 is 0 Å². The van der Waals surface area contributed by atoms with Gasteiger partial charge >= 0.3 is 0 Å². The summed E-state index contributed by atoms with van der Waals surface area (Å²) in [6.45, 7) is 6.33. The number of Topliss-reactive ketones (excluding diaryl/α,β-unsaturated/α-hetero) is 1. The van der Waals surface area contributed by atoms with Crippen LogP contribution in [-0.2, 0) is 4.79 Å².